The van der Waals surface area contributed by atoms with E-state index < -0.39 is 14.9 Å². The van der Waals surface area contributed by atoms with Crippen LogP contribution in [0.2, 0.25) is 0 Å². The SMILES string of the molecule is COc1cc(-c2ccc3c(c2)Nc2ccc(NS(=O)(=O)Cc4ccccc4)cc2NC3=O)ccc1[N+](=O)[O-]. The molecular formula is C27H22N4O6S. The predicted molar refractivity (Wildman–Crippen MR) is 145 cm³/mol. The number of nitrogens with zero attached hydrogens (tertiary/aromatic N) is 1. The van der Waals surface area contributed by atoms with Gasteiger partial charge in [0.1, 0.15) is 0 Å². The zero-order chi connectivity index (χ0) is 26.9. The molecule has 0 aromatic heterocycles. The summed E-state index contributed by atoms with van der Waals surface area (Å²) in [6.45, 7) is 0. The van der Waals surface area contributed by atoms with Gasteiger partial charge in [0, 0.05) is 6.07 Å². The average molecular weight is 531 g/mol. The Labute approximate surface area is 218 Å². The fourth-order valence-electron chi connectivity index (χ4n) is 4.20. The zero-order valence-corrected chi connectivity index (χ0v) is 20.9. The molecule has 10 nitrogen and oxygen atoms in total. The Morgan fingerprint density at radius 1 is 0.868 bits per heavy atom. The molecular weight excluding hydrogens is 508 g/mol. The quantitative estimate of drug-likeness (QED) is 0.211. The van der Waals surface area contributed by atoms with Crippen LogP contribution in [-0.2, 0) is 15.8 Å². The predicted octanol–water partition coefficient (Wildman–Crippen LogP) is 5.52. The lowest BCUT2D eigenvalue weighted by Gasteiger charge is -2.13. The number of carbonyl (C=O) groups excluding carboxylic acids is 1. The number of anilines is 4. The molecule has 0 spiro atoms. The summed E-state index contributed by atoms with van der Waals surface area (Å²) < 4.78 is 33.1. The molecule has 4 aromatic carbocycles. The monoisotopic (exact) mass is 530 g/mol. The van der Waals surface area contributed by atoms with E-state index in [0.717, 1.165) is 0 Å². The first-order valence-electron chi connectivity index (χ1n) is 11.5. The Kier molecular flexibility index (Phi) is 6.43. The minimum absolute atomic E-state index is 0.126. The Balaban J connectivity index is 1.42. The normalized spacial score (nSPS) is 12.3. The van der Waals surface area contributed by atoms with Crippen LogP contribution in [-0.4, -0.2) is 26.4 Å². The molecule has 3 N–H and O–H groups in total. The highest BCUT2D eigenvalue weighted by Gasteiger charge is 2.22. The average Bonchev–Trinajstić information content (AvgIpc) is 3.03. The van der Waals surface area contributed by atoms with Gasteiger partial charge in [-0.1, -0.05) is 36.4 Å². The van der Waals surface area contributed by atoms with Crippen molar-refractivity contribution < 1.29 is 22.9 Å². The van der Waals surface area contributed by atoms with E-state index in [1.165, 1.54) is 13.2 Å². The zero-order valence-electron chi connectivity index (χ0n) is 20.1. The molecule has 11 heteroatoms. The minimum Gasteiger partial charge on any atom is -0.490 e. The van der Waals surface area contributed by atoms with E-state index in [-0.39, 0.29) is 23.1 Å². The molecule has 1 aliphatic heterocycles. The number of rotatable bonds is 7. The molecule has 0 atom stereocenters. The highest BCUT2D eigenvalue weighted by Crippen LogP contribution is 2.38. The van der Waals surface area contributed by atoms with Crippen LogP contribution in [0.3, 0.4) is 0 Å². The number of amides is 1. The largest absolute Gasteiger partial charge is 0.490 e. The number of hydrogen-bond donors (Lipinski definition) is 3. The van der Waals surface area contributed by atoms with Gasteiger partial charge in [0.25, 0.3) is 5.91 Å². The maximum atomic E-state index is 13.0. The van der Waals surface area contributed by atoms with Gasteiger partial charge in [-0.05, 0) is 59.2 Å². The molecule has 1 aliphatic rings. The summed E-state index contributed by atoms with van der Waals surface area (Å²) >= 11 is 0. The fourth-order valence-corrected chi connectivity index (χ4v) is 5.39. The van der Waals surface area contributed by atoms with E-state index in [4.69, 9.17) is 4.74 Å². The molecule has 0 aliphatic carbocycles. The molecule has 4 aromatic rings. The number of hydrogen-bond acceptors (Lipinski definition) is 7. The van der Waals surface area contributed by atoms with Crippen molar-refractivity contribution in [1.29, 1.82) is 0 Å². The second-order valence-electron chi connectivity index (χ2n) is 8.59. The second-order valence-corrected chi connectivity index (χ2v) is 10.3. The van der Waals surface area contributed by atoms with Gasteiger partial charge in [-0.25, -0.2) is 8.42 Å². The maximum Gasteiger partial charge on any atom is 0.310 e. The van der Waals surface area contributed by atoms with Crippen LogP contribution >= 0.6 is 0 Å². The number of nitro benzene ring substituents is 1. The number of methoxy groups -OCH3 is 1. The Morgan fingerprint density at radius 3 is 2.34 bits per heavy atom. The van der Waals surface area contributed by atoms with Gasteiger partial charge in [-0.15, -0.1) is 0 Å². The lowest BCUT2D eigenvalue weighted by molar-refractivity contribution is -0.385. The molecule has 192 valence electrons. The van der Waals surface area contributed by atoms with Crippen LogP contribution in [0.4, 0.5) is 28.4 Å². The summed E-state index contributed by atoms with van der Waals surface area (Å²) in [5, 5.41) is 17.3. The third kappa shape index (κ3) is 5.13. The van der Waals surface area contributed by atoms with E-state index >= 15 is 0 Å². The Hall–Kier alpha value is -4.90. The van der Waals surface area contributed by atoms with Gasteiger partial charge in [0.15, 0.2) is 5.75 Å². The lowest BCUT2D eigenvalue weighted by Crippen LogP contribution is -2.15. The van der Waals surface area contributed by atoms with Gasteiger partial charge in [-0.2, -0.15) is 0 Å². The van der Waals surface area contributed by atoms with Crippen molar-refractivity contribution in [1.82, 2.24) is 0 Å². The molecule has 0 fully saturated rings. The van der Waals surface area contributed by atoms with Gasteiger partial charge < -0.3 is 15.4 Å². The van der Waals surface area contributed by atoms with Crippen LogP contribution in [0.15, 0.2) is 84.9 Å². The molecule has 0 radical (unpaired) electrons. The van der Waals surface area contributed by atoms with Crippen molar-refractivity contribution in [2.75, 3.05) is 22.5 Å². The summed E-state index contributed by atoms with van der Waals surface area (Å²) in [6, 6.07) is 23.4. The van der Waals surface area contributed by atoms with Crippen LogP contribution in [0, 0.1) is 10.1 Å². The van der Waals surface area contributed by atoms with Gasteiger partial charge in [0.05, 0.1) is 46.1 Å². The molecule has 0 bridgehead atoms. The molecule has 38 heavy (non-hydrogen) atoms. The third-order valence-electron chi connectivity index (χ3n) is 5.98. The Morgan fingerprint density at radius 2 is 1.61 bits per heavy atom. The number of nitro groups is 1. The van der Waals surface area contributed by atoms with Crippen molar-refractivity contribution >= 4 is 44.4 Å². The standard InChI is InChI=1S/C27H22N4O6S/c1-37-26-14-19(8-12-25(26)31(33)34)18-7-10-21-23(13-18)28-22-11-9-20(15-24(22)29-27(21)32)30-38(35,36)16-17-5-3-2-4-6-17/h2-15,28,30H,16H2,1H3,(H,29,32). The summed E-state index contributed by atoms with van der Waals surface area (Å²) in [5.74, 6) is -0.430. The van der Waals surface area contributed by atoms with Gasteiger partial charge >= 0.3 is 5.69 Å². The van der Waals surface area contributed by atoms with Crippen molar-refractivity contribution in [2.24, 2.45) is 0 Å². The minimum atomic E-state index is -3.68. The van der Waals surface area contributed by atoms with Crippen LogP contribution in [0.25, 0.3) is 11.1 Å². The van der Waals surface area contributed by atoms with Crippen molar-refractivity contribution in [3.63, 3.8) is 0 Å². The first-order chi connectivity index (χ1) is 18.2. The van der Waals surface area contributed by atoms with Crippen molar-refractivity contribution in [3.8, 4) is 16.9 Å². The Bertz CT molecular complexity index is 1670. The van der Waals surface area contributed by atoms with E-state index in [0.29, 0.717) is 45.0 Å². The molecule has 5 rings (SSSR count). The summed E-state index contributed by atoms with van der Waals surface area (Å²) in [7, 11) is -2.31. The first-order valence-corrected chi connectivity index (χ1v) is 13.1. The number of ether oxygens (including phenoxy) is 1. The van der Waals surface area contributed by atoms with Crippen LogP contribution in [0.1, 0.15) is 15.9 Å². The first kappa shape index (κ1) is 24.8. The van der Waals surface area contributed by atoms with Crippen molar-refractivity contribution in [2.45, 2.75) is 5.75 Å². The summed E-state index contributed by atoms with van der Waals surface area (Å²) in [6.07, 6.45) is 0. The van der Waals surface area contributed by atoms with E-state index in [2.05, 4.69) is 15.4 Å². The van der Waals surface area contributed by atoms with E-state index in [1.807, 2.05) is 6.07 Å². The summed E-state index contributed by atoms with van der Waals surface area (Å²) in [5.41, 5.74) is 4.08. The van der Waals surface area contributed by atoms with Crippen LogP contribution < -0.4 is 20.1 Å². The highest BCUT2D eigenvalue weighted by molar-refractivity contribution is 7.91. The smallest absolute Gasteiger partial charge is 0.310 e. The molecule has 1 heterocycles. The lowest BCUT2D eigenvalue weighted by atomic mass is 10.0. The van der Waals surface area contributed by atoms with Gasteiger partial charge in [0.2, 0.25) is 10.0 Å². The summed E-state index contributed by atoms with van der Waals surface area (Å²) in [4.78, 5) is 23.7. The van der Waals surface area contributed by atoms with E-state index in [1.54, 1.807) is 72.8 Å². The van der Waals surface area contributed by atoms with Crippen molar-refractivity contribution in [3.05, 3.63) is 106 Å². The second kappa shape index (κ2) is 9.87. The van der Waals surface area contributed by atoms with E-state index in [9.17, 15) is 23.3 Å². The number of carbonyl (C=O) groups is 1. The number of sulfonamides is 1. The number of benzene rings is 4. The molecule has 0 unspecified atom stereocenters. The fraction of sp³-hybridized carbons (Fsp3) is 0.0741. The topological polar surface area (TPSA) is 140 Å². The molecule has 1 amide bonds. The number of nitrogens with one attached hydrogen (secondary N) is 3. The van der Waals surface area contributed by atoms with Gasteiger partial charge in [-0.3, -0.25) is 19.6 Å². The maximum absolute atomic E-state index is 13.0. The van der Waals surface area contributed by atoms with Crippen LogP contribution in [0.5, 0.6) is 5.75 Å². The number of fused-ring (bicyclic) bond motifs is 2. The molecule has 0 saturated carbocycles. The third-order valence-corrected chi connectivity index (χ3v) is 7.24. The highest BCUT2D eigenvalue weighted by atomic mass is 32.2. The molecule has 0 saturated heterocycles.